The fourth-order valence-corrected chi connectivity index (χ4v) is 1.60. The van der Waals surface area contributed by atoms with Gasteiger partial charge in [-0.1, -0.05) is 41.9 Å². The summed E-state index contributed by atoms with van der Waals surface area (Å²) in [6, 6.07) is 11.7. The largest absolute Gasteiger partial charge is 1.00 e. The molecule has 0 aliphatic heterocycles. The van der Waals surface area contributed by atoms with Crippen molar-refractivity contribution in [2.75, 3.05) is 0 Å². The molecular formula is C13H10BF4KO. The number of halogens is 4. The first kappa shape index (κ1) is 17.7. The van der Waals surface area contributed by atoms with Crippen LogP contribution in [0.15, 0.2) is 48.5 Å². The summed E-state index contributed by atoms with van der Waals surface area (Å²) in [5.74, 6) is -1.23. The van der Waals surface area contributed by atoms with E-state index >= 15 is 0 Å². The Hall–Kier alpha value is -0.339. The van der Waals surface area contributed by atoms with E-state index in [2.05, 4.69) is 0 Å². The molecule has 100 valence electrons. The van der Waals surface area contributed by atoms with E-state index in [9.17, 15) is 17.3 Å². The third-order valence-electron chi connectivity index (χ3n) is 2.57. The summed E-state index contributed by atoms with van der Waals surface area (Å²) in [6.45, 7) is -5.16. The predicted molar refractivity (Wildman–Crippen MR) is 65.9 cm³/mol. The van der Waals surface area contributed by atoms with Crippen molar-refractivity contribution in [3.05, 3.63) is 59.9 Å². The summed E-state index contributed by atoms with van der Waals surface area (Å²) in [7, 11) is 0. The van der Waals surface area contributed by atoms with Crippen LogP contribution >= 0.6 is 0 Å². The molecule has 0 unspecified atom stereocenters. The van der Waals surface area contributed by atoms with Crippen molar-refractivity contribution in [3.63, 3.8) is 0 Å². The molecule has 0 N–H and O–H groups in total. The predicted octanol–water partition coefficient (Wildman–Crippen LogP) is 0.463. The van der Waals surface area contributed by atoms with Crippen LogP contribution < -0.4 is 61.6 Å². The molecule has 1 nitrogen and oxygen atoms in total. The number of hydrogen-bond donors (Lipinski definition) is 0. The average Bonchev–Trinajstić information content (AvgIpc) is 2.36. The van der Waals surface area contributed by atoms with Gasteiger partial charge < -0.3 is 17.7 Å². The quantitative estimate of drug-likeness (QED) is 0.589. The molecular weight excluding hydrogens is 298 g/mol. The van der Waals surface area contributed by atoms with Crippen molar-refractivity contribution < 1.29 is 73.5 Å². The first-order chi connectivity index (χ1) is 8.97. The zero-order valence-corrected chi connectivity index (χ0v) is 13.9. The van der Waals surface area contributed by atoms with Crippen LogP contribution in [0.2, 0.25) is 0 Å². The van der Waals surface area contributed by atoms with Crippen molar-refractivity contribution in [1.82, 2.24) is 0 Å². The van der Waals surface area contributed by atoms with Crippen molar-refractivity contribution in [2.24, 2.45) is 0 Å². The summed E-state index contributed by atoms with van der Waals surface area (Å²) >= 11 is 0. The second-order valence-electron chi connectivity index (χ2n) is 4.03. The Balaban J connectivity index is 0.00000200. The van der Waals surface area contributed by atoms with E-state index in [1.54, 1.807) is 0 Å². The Kier molecular flexibility index (Phi) is 6.74. The molecule has 0 atom stereocenters. The van der Waals surface area contributed by atoms with E-state index in [4.69, 9.17) is 4.74 Å². The number of hydrogen-bond acceptors (Lipinski definition) is 1. The van der Waals surface area contributed by atoms with Crippen molar-refractivity contribution in [3.8, 4) is 5.75 Å². The number of rotatable bonds is 4. The average molecular weight is 308 g/mol. The number of benzene rings is 2. The molecule has 2 rings (SSSR count). The zero-order chi connectivity index (χ0) is 13.9. The van der Waals surface area contributed by atoms with Crippen LogP contribution in [0, 0.1) is 5.82 Å². The summed E-state index contributed by atoms with van der Waals surface area (Å²) in [5.41, 5.74) is -0.376. The van der Waals surface area contributed by atoms with Gasteiger partial charge in [-0.15, -0.1) is 0 Å². The zero-order valence-electron chi connectivity index (χ0n) is 10.8. The van der Waals surface area contributed by atoms with Gasteiger partial charge in [-0.05, 0) is 11.6 Å². The molecule has 0 aliphatic rings. The fourth-order valence-electron chi connectivity index (χ4n) is 1.60. The molecule has 0 bridgehead atoms. The molecule has 0 aliphatic carbocycles. The molecule has 0 fully saturated rings. The Morgan fingerprint density at radius 1 is 0.950 bits per heavy atom. The van der Waals surface area contributed by atoms with Gasteiger partial charge in [0.1, 0.15) is 12.4 Å². The third kappa shape index (κ3) is 4.89. The molecule has 0 radical (unpaired) electrons. The first-order valence-electron chi connectivity index (χ1n) is 5.63. The molecule has 0 heterocycles. The van der Waals surface area contributed by atoms with Crippen LogP contribution in [-0.2, 0) is 6.61 Å². The summed E-state index contributed by atoms with van der Waals surface area (Å²) in [5, 5.41) is 0. The van der Waals surface area contributed by atoms with Crippen LogP contribution in [-0.4, -0.2) is 6.98 Å². The van der Waals surface area contributed by atoms with Gasteiger partial charge in [-0.3, -0.25) is 0 Å². The van der Waals surface area contributed by atoms with E-state index in [1.807, 2.05) is 30.3 Å². The standard InChI is InChI=1S/C13H10BF4O.K/c15-13-8-11(6-7-12(13)14(16,17)18)19-9-10-4-2-1-3-5-10;/h1-8H,9H2;/q-1;+1. The second kappa shape index (κ2) is 7.61. The van der Waals surface area contributed by atoms with Gasteiger partial charge >= 0.3 is 58.4 Å². The third-order valence-corrected chi connectivity index (χ3v) is 2.57. The Morgan fingerprint density at radius 2 is 1.60 bits per heavy atom. The van der Waals surface area contributed by atoms with Crippen LogP contribution in [0.25, 0.3) is 0 Å². The molecule has 0 saturated carbocycles. The van der Waals surface area contributed by atoms with Crippen LogP contribution in [0.3, 0.4) is 0 Å². The second-order valence-corrected chi connectivity index (χ2v) is 4.03. The summed E-state index contributed by atoms with van der Waals surface area (Å²) in [6.07, 6.45) is 0. The monoisotopic (exact) mass is 308 g/mol. The van der Waals surface area contributed by atoms with E-state index in [0.717, 1.165) is 17.7 Å². The first-order valence-corrected chi connectivity index (χ1v) is 5.63. The SMILES string of the molecule is Fc1cc(OCc2ccccc2)ccc1[B-](F)(F)F.[K+]. The van der Waals surface area contributed by atoms with Crippen molar-refractivity contribution in [1.29, 1.82) is 0 Å². The maximum atomic E-state index is 13.3. The van der Waals surface area contributed by atoms with Crippen LogP contribution in [0.4, 0.5) is 17.3 Å². The van der Waals surface area contributed by atoms with Crippen LogP contribution in [0.5, 0.6) is 5.75 Å². The van der Waals surface area contributed by atoms with Gasteiger partial charge in [0.15, 0.2) is 0 Å². The maximum absolute atomic E-state index is 13.3. The van der Waals surface area contributed by atoms with Gasteiger partial charge in [-0.2, -0.15) is 0 Å². The van der Waals surface area contributed by atoms with Crippen LogP contribution in [0.1, 0.15) is 5.56 Å². The minimum Gasteiger partial charge on any atom is -0.489 e. The minimum atomic E-state index is -5.33. The summed E-state index contributed by atoms with van der Waals surface area (Å²) < 4.78 is 55.8. The Bertz CT molecular complexity index is 560. The topological polar surface area (TPSA) is 9.23 Å². The Morgan fingerprint density at radius 3 is 2.15 bits per heavy atom. The molecule has 2 aromatic carbocycles. The molecule has 0 amide bonds. The molecule has 0 saturated heterocycles. The van der Waals surface area contributed by atoms with E-state index in [0.29, 0.717) is 6.07 Å². The normalized spacial score (nSPS) is 10.8. The molecule has 2 aromatic rings. The molecule has 7 heteroatoms. The fraction of sp³-hybridized carbons (Fsp3) is 0.0769. The van der Waals surface area contributed by atoms with Crippen molar-refractivity contribution >= 4 is 12.4 Å². The van der Waals surface area contributed by atoms with Gasteiger partial charge in [0.2, 0.25) is 0 Å². The molecule has 20 heavy (non-hydrogen) atoms. The van der Waals surface area contributed by atoms with Gasteiger partial charge in [0, 0.05) is 6.07 Å². The van der Waals surface area contributed by atoms with Gasteiger partial charge in [-0.25, -0.2) is 4.39 Å². The van der Waals surface area contributed by atoms with Crippen molar-refractivity contribution in [2.45, 2.75) is 6.61 Å². The van der Waals surface area contributed by atoms with E-state index in [-0.39, 0.29) is 63.7 Å². The minimum absolute atomic E-state index is 0. The van der Waals surface area contributed by atoms with E-state index < -0.39 is 18.3 Å². The molecule has 0 spiro atoms. The number of ether oxygens (including phenoxy) is 1. The molecule has 0 aromatic heterocycles. The smallest absolute Gasteiger partial charge is 0.489 e. The Labute approximate surface area is 156 Å². The summed E-state index contributed by atoms with van der Waals surface area (Å²) in [4.78, 5) is 0. The van der Waals surface area contributed by atoms with Gasteiger partial charge in [0.25, 0.3) is 0 Å². The maximum Gasteiger partial charge on any atom is 1.00 e. The van der Waals surface area contributed by atoms with E-state index in [1.165, 1.54) is 0 Å². The van der Waals surface area contributed by atoms with Gasteiger partial charge in [0.05, 0.1) is 5.82 Å².